The number of nitrogens with zero attached hydrogens (tertiary/aromatic N) is 1. The number of halogens is 1. The van der Waals surface area contributed by atoms with Crippen LogP contribution in [-0.4, -0.2) is 30.6 Å². The van der Waals surface area contributed by atoms with Crippen molar-refractivity contribution in [3.8, 4) is 0 Å². The highest BCUT2D eigenvalue weighted by Crippen LogP contribution is 2.30. The summed E-state index contributed by atoms with van der Waals surface area (Å²) < 4.78 is 18.3. The molecule has 4 heteroatoms. The second kappa shape index (κ2) is 8.28. The Morgan fingerprint density at radius 2 is 2.18 bits per heavy atom. The molecule has 2 rings (SSSR count). The first kappa shape index (κ1) is 16.9. The Hall–Kier alpha value is -1.42. The fourth-order valence-electron chi connectivity index (χ4n) is 3.14. The Kier molecular flexibility index (Phi) is 6.37. The Bertz CT molecular complexity index is 504. The Morgan fingerprint density at radius 3 is 2.95 bits per heavy atom. The van der Waals surface area contributed by atoms with E-state index >= 15 is 0 Å². The van der Waals surface area contributed by atoms with Gasteiger partial charge in [0.25, 0.3) is 0 Å². The largest absolute Gasteiger partial charge is 0.466 e. The maximum absolute atomic E-state index is 13.4. The van der Waals surface area contributed by atoms with Gasteiger partial charge in [0.1, 0.15) is 5.82 Å². The van der Waals surface area contributed by atoms with Gasteiger partial charge < -0.3 is 4.74 Å². The molecule has 1 aliphatic rings. The number of carbonyl (C=O) groups is 1. The molecule has 0 aromatic heterocycles. The molecule has 3 nitrogen and oxygen atoms in total. The summed E-state index contributed by atoms with van der Waals surface area (Å²) in [5.41, 5.74) is 2.39. The molecule has 1 unspecified atom stereocenters. The lowest BCUT2D eigenvalue weighted by Gasteiger charge is -2.35. The van der Waals surface area contributed by atoms with E-state index in [4.69, 9.17) is 4.74 Å². The number of hydrogen-bond donors (Lipinski definition) is 0. The monoisotopic (exact) mass is 307 g/mol. The summed E-state index contributed by atoms with van der Waals surface area (Å²) >= 11 is 0. The summed E-state index contributed by atoms with van der Waals surface area (Å²) in [6.07, 6.45) is 4.47. The van der Waals surface area contributed by atoms with E-state index in [1.165, 1.54) is 5.56 Å². The maximum atomic E-state index is 13.4. The van der Waals surface area contributed by atoms with Crippen LogP contribution >= 0.6 is 0 Å². The molecule has 0 saturated carbocycles. The molecule has 0 spiro atoms. The molecular weight excluding hydrogens is 281 g/mol. The molecule has 22 heavy (non-hydrogen) atoms. The number of benzene rings is 1. The summed E-state index contributed by atoms with van der Waals surface area (Å²) in [5, 5.41) is 0. The first-order valence-corrected chi connectivity index (χ1v) is 8.29. The number of esters is 1. The molecule has 0 bridgehead atoms. The van der Waals surface area contributed by atoms with Crippen molar-refractivity contribution < 1.29 is 13.9 Å². The third-order valence-corrected chi connectivity index (χ3v) is 4.41. The van der Waals surface area contributed by atoms with E-state index in [2.05, 4.69) is 11.8 Å². The lowest BCUT2D eigenvalue weighted by Crippen LogP contribution is -2.34. The van der Waals surface area contributed by atoms with Gasteiger partial charge in [-0.3, -0.25) is 9.69 Å². The molecule has 1 heterocycles. The van der Waals surface area contributed by atoms with Crippen molar-refractivity contribution >= 4 is 5.97 Å². The van der Waals surface area contributed by atoms with Gasteiger partial charge in [0, 0.05) is 19.0 Å². The van der Waals surface area contributed by atoms with Gasteiger partial charge in [-0.05, 0) is 62.9 Å². The van der Waals surface area contributed by atoms with Crippen LogP contribution in [0.5, 0.6) is 0 Å². The van der Waals surface area contributed by atoms with Crippen molar-refractivity contribution in [1.82, 2.24) is 4.90 Å². The quantitative estimate of drug-likeness (QED) is 0.566. The lowest BCUT2D eigenvalue weighted by molar-refractivity contribution is -0.143. The normalized spacial score (nSPS) is 18.0. The standard InChI is InChI=1S/C18H26FNO2/c1-3-22-18(21)7-5-4-6-11-20-12-10-15-8-9-16(19)13-17(15)14(20)2/h8-9,13-14H,3-7,10-12H2,1-2H3. The molecule has 0 aliphatic carbocycles. The van der Waals surface area contributed by atoms with E-state index in [-0.39, 0.29) is 17.8 Å². The second-order valence-electron chi connectivity index (χ2n) is 5.92. The highest BCUT2D eigenvalue weighted by atomic mass is 19.1. The van der Waals surface area contributed by atoms with Crippen molar-refractivity contribution in [3.05, 3.63) is 35.1 Å². The van der Waals surface area contributed by atoms with Crippen LogP contribution in [0.1, 0.15) is 56.7 Å². The summed E-state index contributed by atoms with van der Waals surface area (Å²) in [7, 11) is 0. The minimum atomic E-state index is -0.151. The molecule has 1 aromatic rings. The van der Waals surface area contributed by atoms with Gasteiger partial charge in [-0.1, -0.05) is 12.5 Å². The third kappa shape index (κ3) is 4.54. The zero-order chi connectivity index (χ0) is 15.9. The molecule has 0 saturated heterocycles. The van der Waals surface area contributed by atoms with E-state index in [0.717, 1.165) is 44.3 Å². The molecule has 0 fully saturated rings. The predicted octanol–water partition coefficient (Wildman–Crippen LogP) is 3.87. The van der Waals surface area contributed by atoms with E-state index < -0.39 is 0 Å². The maximum Gasteiger partial charge on any atom is 0.305 e. The zero-order valence-corrected chi connectivity index (χ0v) is 13.6. The third-order valence-electron chi connectivity index (χ3n) is 4.41. The fourth-order valence-corrected chi connectivity index (χ4v) is 3.14. The van der Waals surface area contributed by atoms with Crippen LogP contribution in [0.3, 0.4) is 0 Å². The summed E-state index contributed by atoms with van der Waals surface area (Å²) in [6.45, 7) is 6.46. The first-order valence-electron chi connectivity index (χ1n) is 8.29. The Morgan fingerprint density at radius 1 is 1.36 bits per heavy atom. The van der Waals surface area contributed by atoms with Crippen LogP contribution in [0.25, 0.3) is 0 Å². The van der Waals surface area contributed by atoms with Gasteiger partial charge >= 0.3 is 5.97 Å². The van der Waals surface area contributed by atoms with E-state index in [9.17, 15) is 9.18 Å². The van der Waals surface area contributed by atoms with Crippen LogP contribution in [0.4, 0.5) is 4.39 Å². The van der Waals surface area contributed by atoms with Crippen LogP contribution in [-0.2, 0) is 16.0 Å². The van der Waals surface area contributed by atoms with E-state index in [0.29, 0.717) is 13.0 Å². The number of rotatable bonds is 7. The predicted molar refractivity (Wildman–Crippen MR) is 85.2 cm³/mol. The molecular formula is C18H26FNO2. The second-order valence-corrected chi connectivity index (χ2v) is 5.92. The topological polar surface area (TPSA) is 29.5 Å². The first-order chi connectivity index (χ1) is 10.6. The minimum absolute atomic E-state index is 0.0988. The molecule has 122 valence electrons. The SMILES string of the molecule is CCOC(=O)CCCCCN1CCc2ccc(F)cc2C1C. The van der Waals surface area contributed by atoms with Gasteiger partial charge in [-0.2, -0.15) is 0 Å². The van der Waals surface area contributed by atoms with Crippen LogP contribution < -0.4 is 0 Å². The van der Waals surface area contributed by atoms with Gasteiger partial charge in [0.05, 0.1) is 6.61 Å². The molecule has 1 aromatic carbocycles. The number of carbonyl (C=O) groups excluding carboxylic acids is 1. The number of fused-ring (bicyclic) bond motifs is 1. The highest BCUT2D eigenvalue weighted by molar-refractivity contribution is 5.69. The molecule has 1 aliphatic heterocycles. The van der Waals surface area contributed by atoms with Crippen LogP contribution in [0.15, 0.2) is 18.2 Å². The lowest BCUT2D eigenvalue weighted by atomic mass is 9.93. The van der Waals surface area contributed by atoms with E-state index in [1.54, 1.807) is 12.1 Å². The molecule has 1 atom stereocenters. The zero-order valence-electron chi connectivity index (χ0n) is 13.6. The molecule has 0 N–H and O–H groups in total. The fraction of sp³-hybridized carbons (Fsp3) is 0.611. The summed E-state index contributed by atoms with van der Waals surface area (Å²) in [6, 6.07) is 5.41. The van der Waals surface area contributed by atoms with Gasteiger partial charge in [0.2, 0.25) is 0 Å². The number of ether oxygens (including phenoxy) is 1. The smallest absolute Gasteiger partial charge is 0.305 e. The van der Waals surface area contributed by atoms with Crippen molar-refractivity contribution in [2.24, 2.45) is 0 Å². The van der Waals surface area contributed by atoms with Crippen molar-refractivity contribution in [2.75, 3.05) is 19.7 Å². The van der Waals surface area contributed by atoms with Gasteiger partial charge in [-0.15, -0.1) is 0 Å². The average molecular weight is 307 g/mol. The van der Waals surface area contributed by atoms with Crippen molar-refractivity contribution in [2.45, 2.75) is 52.0 Å². The molecule has 0 radical (unpaired) electrons. The minimum Gasteiger partial charge on any atom is -0.466 e. The summed E-state index contributed by atoms with van der Waals surface area (Å²) in [4.78, 5) is 13.7. The van der Waals surface area contributed by atoms with Crippen LogP contribution in [0.2, 0.25) is 0 Å². The van der Waals surface area contributed by atoms with Crippen molar-refractivity contribution in [3.63, 3.8) is 0 Å². The van der Waals surface area contributed by atoms with E-state index in [1.807, 2.05) is 13.0 Å². The number of unbranched alkanes of at least 4 members (excludes halogenated alkanes) is 2. The van der Waals surface area contributed by atoms with Crippen molar-refractivity contribution in [1.29, 1.82) is 0 Å². The molecule has 0 amide bonds. The van der Waals surface area contributed by atoms with Gasteiger partial charge in [-0.25, -0.2) is 4.39 Å². The average Bonchev–Trinajstić information content (AvgIpc) is 2.50. The highest BCUT2D eigenvalue weighted by Gasteiger charge is 2.23. The van der Waals surface area contributed by atoms with Gasteiger partial charge in [0.15, 0.2) is 0 Å². The Balaban J connectivity index is 1.74. The number of hydrogen-bond acceptors (Lipinski definition) is 3. The van der Waals surface area contributed by atoms with Crippen LogP contribution in [0, 0.1) is 5.82 Å². The summed E-state index contributed by atoms with van der Waals surface area (Å²) in [5.74, 6) is -0.250. The Labute approximate surface area is 132 Å².